The summed E-state index contributed by atoms with van der Waals surface area (Å²) in [5.41, 5.74) is 3.37. The summed E-state index contributed by atoms with van der Waals surface area (Å²) < 4.78 is 15.9. The summed E-state index contributed by atoms with van der Waals surface area (Å²) in [7, 11) is 1.85. The number of aromatic nitrogens is 3. The highest BCUT2D eigenvalue weighted by Crippen LogP contribution is 2.20. The van der Waals surface area contributed by atoms with Crippen molar-refractivity contribution in [2.24, 2.45) is 7.05 Å². The van der Waals surface area contributed by atoms with E-state index >= 15 is 0 Å². The Morgan fingerprint density at radius 2 is 1.94 bits per heavy atom. The van der Waals surface area contributed by atoms with Gasteiger partial charge in [0.2, 0.25) is 5.91 Å². The fraction of sp³-hybridized carbons (Fsp3) is 0.154. The summed E-state index contributed by atoms with van der Waals surface area (Å²) in [4.78, 5) is 17.5. The van der Waals surface area contributed by atoms with E-state index in [1.54, 1.807) is 35.3 Å². The largest absolute Gasteiger partial charge is 0.309 e. The maximum absolute atomic E-state index is 14.2. The third-order valence-corrected chi connectivity index (χ3v) is 5.37. The van der Waals surface area contributed by atoms with E-state index in [2.05, 4.69) is 20.7 Å². The van der Waals surface area contributed by atoms with Gasteiger partial charge in [-0.3, -0.25) is 9.48 Å². The fourth-order valence-electron chi connectivity index (χ4n) is 3.59. The van der Waals surface area contributed by atoms with Gasteiger partial charge in [-0.05, 0) is 41.8 Å². The Morgan fingerprint density at radius 1 is 1.12 bits per heavy atom. The van der Waals surface area contributed by atoms with Crippen LogP contribution in [0.2, 0.25) is 0 Å². The zero-order chi connectivity index (χ0) is 23.9. The van der Waals surface area contributed by atoms with Crippen molar-refractivity contribution < 1.29 is 9.18 Å². The van der Waals surface area contributed by atoms with Crippen molar-refractivity contribution in [3.8, 4) is 17.2 Å². The highest BCUT2D eigenvalue weighted by atomic mass is 19.1. The van der Waals surface area contributed by atoms with Gasteiger partial charge in [0.15, 0.2) is 0 Å². The Morgan fingerprint density at radius 3 is 2.59 bits per heavy atom. The molecule has 170 valence electrons. The van der Waals surface area contributed by atoms with Gasteiger partial charge < -0.3 is 10.6 Å². The lowest BCUT2D eigenvalue weighted by Crippen LogP contribution is -2.34. The van der Waals surface area contributed by atoms with E-state index < -0.39 is 11.9 Å². The molecule has 4 aromatic rings. The van der Waals surface area contributed by atoms with Gasteiger partial charge in [0.1, 0.15) is 17.7 Å². The van der Waals surface area contributed by atoms with Gasteiger partial charge >= 0.3 is 0 Å². The molecule has 2 N–H and O–H groups in total. The normalized spacial score (nSPS) is 11.6. The van der Waals surface area contributed by atoms with Gasteiger partial charge in [-0.15, -0.1) is 0 Å². The van der Waals surface area contributed by atoms with E-state index in [1.807, 2.05) is 55.7 Å². The first kappa shape index (κ1) is 22.8. The summed E-state index contributed by atoms with van der Waals surface area (Å²) in [6.07, 6.45) is 5.69. The number of nitrogens with zero attached hydrogens (tertiary/aromatic N) is 4. The number of carbonyl (C=O) groups excluding carboxylic acids is 1. The molecular weight excluding hydrogens is 431 g/mol. The highest BCUT2D eigenvalue weighted by Gasteiger charge is 2.20. The zero-order valence-corrected chi connectivity index (χ0v) is 18.6. The van der Waals surface area contributed by atoms with Crippen molar-refractivity contribution in [1.82, 2.24) is 20.1 Å². The van der Waals surface area contributed by atoms with Crippen LogP contribution in [0, 0.1) is 17.1 Å². The van der Waals surface area contributed by atoms with Gasteiger partial charge in [-0.2, -0.15) is 10.4 Å². The summed E-state index contributed by atoms with van der Waals surface area (Å²) in [6.45, 7) is 0.364. The first-order chi connectivity index (χ1) is 16.5. The highest BCUT2D eigenvalue weighted by molar-refractivity contribution is 5.94. The van der Waals surface area contributed by atoms with Crippen LogP contribution >= 0.6 is 0 Å². The minimum Gasteiger partial charge on any atom is -0.309 e. The number of benzene rings is 2. The van der Waals surface area contributed by atoms with Crippen molar-refractivity contribution in [1.29, 1.82) is 5.26 Å². The number of halogens is 1. The van der Waals surface area contributed by atoms with Gasteiger partial charge in [0.25, 0.3) is 0 Å². The lowest BCUT2D eigenvalue weighted by molar-refractivity contribution is -0.118. The molecule has 2 heterocycles. The van der Waals surface area contributed by atoms with Crippen LogP contribution in [-0.2, 0) is 18.3 Å². The number of pyridine rings is 1. The van der Waals surface area contributed by atoms with Crippen LogP contribution in [0.25, 0.3) is 11.1 Å². The average Bonchev–Trinajstić information content (AvgIpc) is 3.29. The second kappa shape index (κ2) is 10.5. The van der Waals surface area contributed by atoms with Crippen LogP contribution in [0.3, 0.4) is 0 Å². The van der Waals surface area contributed by atoms with Crippen molar-refractivity contribution in [2.45, 2.75) is 12.5 Å². The minimum atomic E-state index is -0.651. The van der Waals surface area contributed by atoms with Gasteiger partial charge in [0, 0.05) is 37.1 Å². The predicted molar refractivity (Wildman–Crippen MR) is 127 cm³/mol. The van der Waals surface area contributed by atoms with E-state index in [-0.39, 0.29) is 11.5 Å². The maximum atomic E-state index is 14.2. The van der Waals surface area contributed by atoms with E-state index in [0.717, 1.165) is 16.7 Å². The molecule has 0 spiro atoms. The van der Waals surface area contributed by atoms with Crippen molar-refractivity contribution in [3.63, 3.8) is 0 Å². The van der Waals surface area contributed by atoms with E-state index in [4.69, 9.17) is 5.26 Å². The summed E-state index contributed by atoms with van der Waals surface area (Å²) >= 11 is 0. The second-order valence-corrected chi connectivity index (χ2v) is 7.79. The molecule has 0 bridgehead atoms. The van der Waals surface area contributed by atoms with Crippen molar-refractivity contribution in [3.05, 3.63) is 102 Å². The number of carbonyl (C=O) groups is 1. The smallest absolute Gasteiger partial charge is 0.247 e. The number of rotatable bonds is 8. The standard InChI is InChI=1S/C26H23FN6O/c1-33-17-22(16-31-33)21-9-10-24(30-15-21)32-26(34)25(20-5-3-2-4-6-20)29-12-11-19-8-7-18(14-28)13-23(19)27/h2-10,13,15-17,25,29H,11-12H2,1H3,(H,30,32,34)/t25-/m0/s1. The van der Waals surface area contributed by atoms with Crippen LogP contribution in [0.5, 0.6) is 0 Å². The lowest BCUT2D eigenvalue weighted by Gasteiger charge is -2.19. The monoisotopic (exact) mass is 454 g/mol. The van der Waals surface area contributed by atoms with Crippen LogP contribution in [0.1, 0.15) is 22.7 Å². The van der Waals surface area contributed by atoms with Crippen LogP contribution in [-0.4, -0.2) is 27.2 Å². The molecule has 0 saturated heterocycles. The number of amides is 1. The molecule has 0 aliphatic carbocycles. The molecule has 2 aromatic carbocycles. The Kier molecular flexibility index (Phi) is 7.06. The Hall–Kier alpha value is -4.35. The SMILES string of the molecule is Cn1cc(-c2ccc(NC(=O)[C@@H](NCCc3ccc(C#N)cc3F)c3ccccc3)nc2)cn1. The first-order valence-electron chi connectivity index (χ1n) is 10.8. The van der Waals surface area contributed by atoms with Gasteiger partial charge in [0.05, 0.1) is 17.8 Å². The van der Waals surface area contributed by atoms with E-state index in [0.29, 0.717) is 24.3 Å². The molecule has 1 atom stereocenters. The number of hydrogen-bond acceptors (Lipinski definition) is 5. The third kappa shape index (κ3) is 5.52. The molecule has 7 nitrogen and oxygen atoms in total. The Bertz CT molecular complexity index is 1310. The number of aryl methyl sites for hydroxylation is 1. The first-order valence-corrected chi connectivity index (χ1v) is 10.8. The zero-order valence-electron chi connectivity index (χ0n) is 18.6. The average molecular weight is 455 g/mol. The number of nitriles is 1. The number of nitrogens with one attached hydrogen (secondary N) is 2. The molecule has 0 aliphatic rings. The molecule has 0 radical (unpaired) electrons. The quantitative estimate of drug-likeness (QED) is 0.420. The third-order valence-electron chi connectivity index (χ3n) is 5.37. The molecule has 0 aliphatic heterocycles. The molecule has 8 heteroatoms. The molecule has 0 saturated carbocycles. The van der Waals surface area contributed by atoms with Crippen molar-refractivity contribution in [2.75, 3.05) is 11.9 Å². The van der Waals surface area contributed by atoms with Gasteiger partial charge in [-0.1, -0.05) is 36.4 Å². The van der Waals surface area contributed by atoms with Crippen LogP contribution in [0.15, 0.2) is 79.3 Å². The summed E-state index contributed by atoms with van der Waals surface area (Å²) in [6, 6.07) is 18.6. The van der Waals surface area contributed by atoms with Crippen LogP contribution < -0.4 is 10.6 Å². The van der Waals surface area contributed by atoms with E-state index in [1.165, 1.54) is 6.07 Å². The fourth-order valence-corrected chi connectivity index (χ4v) is 3.59. The number of hydrogen-bond donors (Lipinski definition) is 2. The molecule has 0 unspecified atom stereocenters. The molecule has 2 aromatic heterocycles. The Labute approximate surface area is 196 Å². The molecule has 4 rings (SSSR count). The van der Waals surface area contributed by atoms with Crippen LogP contribution in [0.4, 0.5) is 10.2 Å². The maximum Gasteiger partial charge on any atom is 0.247 e. The van der Waals surface area contributed by atoms with Crippen molar-refractivity contribution >= 4 is 11.7 Å². The minimum absolute atomic E-state index is 0.270. The predicted octanol–water partition coefficient (Wildman–Crippen LogP) is 4.00. The molecular formula is C26H23FN6O. The topological polar surface area (TPSA) is 95.6 Å². The van der Waals surface area contributed by atoms with E-state index in [9.17, 15) is 9.18 Å². The summed E-state index contributed by atoms with van der Waals surface area (Å²) in [5, 5.41) is 19.1. The summed E-state index contributed by atoms with van der Waals surface area (Å²) in [5.74, 6) is -0.272. The number of anilines is 1. The second-order valence-electron chi connectivity index (χ2n) is 7.79. The molecule has 34 heavy (non-hydrogen) atoms. The molecule has 1 amide bonds. The van der Waals surface area contributed by atoms with Gasteiger partial charge in [-0.25, -0.2) is 9.37 Å². The molecule has 0 fully saturated rings. The lowest BCUT2D eigenvalue weighted by atomic mass is 10.0. The Balaban J connectivity index is 1.44.